The zero-order chi connectivity index (χ0) is 8.43. The van der Waals surface area contributed by atoms with E-state index in [1.165, 1.54) is 0 Å². The molecule has 1 nitrogen and oxygen atoms in total. The maximum atomic E-state index is 10.9. The predicted molar refractivity (Wildman–Crippen MR) is 56.9 cm³/mol. The first-order valence-corrected chi connectivity index (χ1v) is 4.94. The van der Waals surface area contributed by atoms with Crippen LogP contribution in [0.15, 0.2) is 22.7 Å². The fourth-order valence-electron chi connectivity index (χ4n) is 0.757. The van der Waals surface area contributed by atoms with Gasteiger partial charge in [-0.25, -0.2) is 0 Å². The van der Waals surface area contributed by atoms with Crippen LogP contribution in [0.5, 0.6) is 0 Å². The molecule has 0 bridgehead atoms. The molecule has 0 unspecified atom stereocenters. The average molecular weight is 325 g/mol. The van der Waals surface area contributed by atoms with Gasteiger partial charge in [-0.1, -0.05) is 15.9 Å². The zero-order valence-electron chi connectivity index (χ0n) is 5.90. The van der Waals surface area contributed by atoms with E-state index < -0.39 is 0 Å². The van der Waals surface area contributed by atoms with Crippen molar-refractivity contribution in [1.82, 2.24) is 0 Å². The van der Waals surface area contributed by atoms with Gasteiger partial charge in [0.1, 0.15) is 0 Å². The van der Waals surface area contributed by atoms with Gasteiger partial charge in [0.25, 0.3) is 0 Å². The Morgan fingerprint density at radius 1 is 1.45 bits per heavy atom. The lowest BCUT2D eigenvalue weighted by Gasteiger charge is -1.97. The van der Waals surface area contributed by atoms with Crippen LogP contribution in [0.2, 0.25) is 0 Å². The lowest BCUT2D eigenvalue weighted by atomic mass is 10.2. The number of carbonyl (C=O) groups excluding carboxylic acids is 1. The molecule has 0 aliphatic heterocycles. The molecule has 0 aliphatic rings. The number of ketones is 1. The molecule has 0 saturated heterocycles. The Bertz CT molecular complexity index is 276. The number of rotatable bonds is 1. The minimum atomic E-state index is 0.101. The van der Waals surface area contributed by atoms with Gasteiger partial charge in [-0.3, -0.25) is 4.79 Å². The summed E-state index contributed by atoms with van der Waals surface area (Å²) >= 11 is 5.51. The van der Waals surface area contributed by atoms with Crippen LogP contribution in [0.4, 0.5) is 0 Å². The molecule has 1 rings (SSSR count). The molecule has 1 aromatic carbocycles. The molecule has 0 aromatic heterocycles. The van der Waals surface area contributed by atoms with Gasteiger partial charge in [-0.2, -0.15) is 0 Å². The highest BCUT2D eigenvalue weighted by atomic mass is 127. The highest BCUT2D eigenvalue weighted by Gasteiger charge is 2.00. The van der Waals surface area contributed by atoms with Crippen LogP contribution in [0.3, 0.4) is 0 Å². The summed E-state index contributed by atoms with van der Waals surface area (Å²) in [4.78, 5) is 10.9. The Labute approximate surface area is 87.5 Å². The van der Waals surface area contributed by atoms with E-state index in [0.29, 0.717) is 0 Å². The highest BCUT2D eigenvalue weighted by molar-refractivity contribution is 14.1. The number of carbonyl (C=O) groups is 1. The third kappa shape index (κ3) is 2.56. The first-order valence-electron chi connectivity index (χ1n) is 3.06. The second kappa shape index (κ2) is 3.67. The largest absolute Gasteiger partial charge is 0.295 e. The summed E-state index contributed by atoms with van der Waals surface area (Å²) in [5.74, 6) is 0.101. The van der Waals surface area contributed by atoms with Crippen molar-refractivity contribution in [3.63, 3.8) is 0 Å². The van der Waals surface area contributed by atoms with Crippen LogP contribution >= 0.6 is 38.5 Å². The zero-order valence-corrected chi connectivity index (χ0v) is 9.64. The van der Waals surface area contributed by atoms with Crippen molar-refractivity contribution in [3.05, 3.63) is 31.8 Å². The van der Waals surface area contributed by atoms with Crippen molar-refractivity contribution in [2.75, 3.05) is 0 Å². The maximum absolute atomic E-state index is 10.9. The van der Waals surface area contributed by atoms with E-state index in [-0.39, 0.29) is 5.78 Å². The number of halogens is 2. The molecule has 58 valence electrons. The lowest BCUT2D eigenvalue weighted by molar-refractivity contribution is 0.101. The first-order chi connectivity index (χ1) is 5.09. The Morgan fingerprint density at radius 3 is 2.55 bits per heavy atom. The monoisotopic (exact) mass is 324 g/mol. The summed E-state index contributed by atoms with van der Waals surface area (Å²) in [5.41, 5.74) is 0.753. The second-order valence-corrected chi connectivity index (χ2v) is 4.38. The van der Waals surface area contributed by atoms with Crippen molar-refractivity contribution < 1.29 is 4.79 Å². The maximum Gasteiger partial charge on any atom is 0.159 e. The molecule has 0 N–H and O–H groups in total. The van der Waals surface area contributed by atoms with Crippen LogP contribution in [0.1, 0.15) is 17.3 Å². The van der Waals surface area contributed by atoms with Crippen LogP contribution < -0.4 is 0 Å². The SMILES string of the molecule is CC(=O)c1cc(Br)cc(I)c1. The van der Waals surface area contributed by atoms with Gasteiger partial charge in [0, 0.05) is 13.6 Å². The van der Waals surface area contributed by atoms with E-state index in [1.54, 1.807) is 6.92 Å². The van der Waals surface area contributed by atoms with E-state index in [1.807, 2.05) is 18.2 Å². The summed E-state index contributed by atoms with van der Waals surface area (Å²) in [7, 11) is 0. The fraction of sp³-hybridized carbons (Fsp3) is 0.125. The highest BCUT2D eigenvalue weighted by Crippen LogP contribution is 2.17. The molecule has 0 atom stereocenters. The standard InChI is InChI=1S/C8H6BrIO/c1-5(11)6-2-7(9)4-8(10)3-6/h2-4H,1H3. The number of hydrogen-bond donors (Lipinski definition) is 0. The summed E-state index contributed by atoms with van der Waals surface area (Å²) in [6, 6.07) is 5.66. The van der Waals surface area contributed by atoms with E-state index in [0.717, 1.165) is 13.6 Å². The van der Waals surface area contributed by atoms with E-state index in [4.69, 9.17) is 0 Å². The van der Waals surface area contributed by atoms with E-state index >= 15 is 0 Å². The van der Waals surface area contributed by atoms with Gasteiger partial charge < -0.3 is 0 Å². The van der Waals surface area contributed by atoms with E-state index in [2.05, 4.69) is 38.5 Å². The molecule has 1 aromatic rings. The third-order valence-corrected chi connectivity index (χ3v) is 2.35. The first kappa shape index (κ1) is 9.19. The van der Waals surface area contributed by atoms with Crippen molar-refractivity contribution in [1.29, 1.82) is 0 Å². The molecule has 0 spiro atoms. The molecule has 0 saturated carbocycles. The number of hydrogen-bond acceptors (Lipinski definition) is 1. The lowest BCUT2D eigenvalue weighted by Crippen LogP contribution is -1.91. The quantitative estimate of drug-likeness (QED) is 0.572. The minimum absolute atomic E-state index is 0.101. The van der Waals surface area contributed by atoms with Crippen molar-refractivity contribution in [3.8, 4) is 0 Å². The van der Waals surface area contributed by atoms with Gasteiger partial charge >= 0.3 is 0 Å². The van der Waals surface area contributed by atoms with Crippen molar-refractivity contribution >= 4 is 44.3 Å². The fourth-order valence-corrected chi connectivity index (χ4v) is 2.35. The predicted octanol–water partition coefficient (Wildman–Crippen LogP) is 3.26. The summed E-state index contributed by atoms with van der Waals surface area (Å²) in [5, 5.41) is 0. The second-order valence-electron chi connectivity index (χ2n) is 2.21. The van der Waals surface area contributed by atoms with Gasteiger partial charge in [0.05, 0.1) is 0 Å². The normalized spacial score (nSPS) is 9.73. The van der Waals surface area contributed by atoms with Crippen LogP contribution in [0, 0.1) is 3.57 Å². The number of benzene rings is 1. The molecule has 0 fully saturated rings. The Morgan fingerprint density at radius 2 is 2.09 bits per heavy atom. The number of Topliss-reactive ketones (excluding diaryl/α,β-unsaturated/α-hetero) is 1. The molecule has 0 amide bonds. The molecule has 0 heterocycles. The van der Waals surface area contributed by atoms with Crippen LogP contribution in [0.25, 0.3) is 0 Å². The molecule has 11 heavy (non-hydrogen) atoms. The van der Waals surface area contributed by atoms with Crippen molar-refractivity contribution in [2.24, 2.45) is 0 Å². The van der Waals surface area contributed by atoms with Gasteiger partial charge in [0.15, 0.2) is 5.78 Å². The molecular weight excluding hydrogens is 319 g/mol. The smallest absolute Gasteiger partial charge is 0.159 e. The van der Waals surface area contributed by atoms with E-state index in [9.17, 15) is 4.79 Å². The Kier molecular flexibility index (Phi) is 3.06. The summed E-state index contributed by atoms with van der Waals surface area (Å²) < 4.78 is 2.02. The van der Waals surface area contributed by atoms with Gasteiger partial charge in [-0.15, -0.1) is 0 Å². The minimum Gasteiger partial charge on any atom is -0.295 e. The molecular formula is C8H6BrIO. The van der Waals surface area contributed by atoms with Gasteiger partial charge in [0.2, 0.25) is 0 Å². The molecule has 0 radical (unpaired) electrons. The third-order valence-electron chi connectivity index (χ3n) is 1.27. The van der Waals surface area contributed by atoms with Crippen LogP contribution in [-0.4, -0.2) is 5.78 Å². The molecule has 3 heteroatoms. The topological polar surface area (TPSA) is 17.1 Å². The Hall–Kier alpha value is 0.1000. The van der Waals surface area contributed by atoms with Crippen molar-refractivity contribution in [2.45, 2.75) is 6.92 Å². The average Bonchev–Trinajstić information content (AvgIpc) is 1.85. The van der Waals surface area contributed by atoms with Gasteiger partial charge in [-0.05, 0) is 47.7 Å². The Balaban J connectivity index is 3.19. The molecule has 0 aliphatic carbocycles. The summed E-state index contributed by atoms with van der Waals surface area (Å²) in [6.07, 6.45) is 0. The van der Waals surface area contributed by atoms with Crippen LogP contribution in [-0.2, 0) is 0 Å². The summed E-state index contributed by atoms with van der Waals surface area (Å²) in [6.45, 7) is 1.57.